The Labute approximate surface area is 117 Å². The van der Waals surface area contributed by atoms with Gasteiger partial charge in [-0.2, -0.15) is 0 Å². The Kier molecular flexibility index (Phi) is 4.88. The van der Waals surface area contributed by atoms with Crippen molar-refractivity contribution in [2.75, 3.05) is 6.26 Å². The van der Waals surface area contributed by atoms with Crippen LogP contribution in [0.15, 0.2) is 23.1 Å². The van der Waals surface area contributed by atoms with E-state index < -0.39 is 27.8 Å². The van der Waals surface area contributed by atoms with Crippen molar-refractivity contribution in [2.45, 2.75) is 31.2 Å². The molecule has 0 aliphatic carbocycles. The molecule has 1 amide bonds. The van der Waals surface area contributed by atoms with E-state index in [4.69, 9.17) is 5.11 Å². The molecule has 1 aromatic carbocycles. The zero-order chi connectivity index (χ0) is 15.5. The van der Waals surface area contributed by atoms with Gasteiger partial charge in [0.05, 0.1) is 4.90 Å². The number of hydrogen-bond acceptors (Lipinski definition) is 4. The average molecular weight is 299 g/mol. The smallest absolute Gasteiger partial charge is 0.325 e. The SMILES string of the molecule is CCc1ccc(S(C)(=O)=O)cc1C(=O)N[C@H](C)C(=O)O. The Morgan fingerprint density at radius 3 is 2.40 bits per heavy atom. The third-order valence-electron chi connectivity index (χ3n) is 2.85. The number of rotatable bonds is 5. The van der Waals surface area contributed by atoms with Crippen molar-refractivity contribution in [3.05, 3.63) is 29.3 Å². The van der Waals surface area contributed by atoms with E-state index in [2.05, 4.69) is 5.32 Å². The molecule has 0 spiro atoms. The van der Waals surface area contributed by atoms with Crippen LogP contribution in [0.1, 0.15) is 29.8 Å². The Hall–Kier alpha value is -1.89. The molecule has 0 fully saturated rings. The van der Waals surface area contributed by atoms with Crippen LogP contribution in [-0.2, 0) is 21.1 Å². The summed E-state index contributed by atoms with van der Waals surface area (Å²) in [6.07, 6.45) is 1.59. The van der Waals surface area contributed by atoms with Gasteiger partial charge in [0.25, 0.3) is 5.91 Å². The predicted octanol–water partition coefficient (Wildman–Crippen LogP) is 0.855. The van der Waals surface area contributed by atoms with Crippen molar-refractivity contribution < 1.29 is 23.1 Å². The second kappa shape index (κ2) is 6.04. The lowest BCUT2D eigenvalue weighted by Crippen LogP contribution is -2.38. The molecule has 0 aromatic heterocycles. The highest BCUT2D eigenvalue weighted by Crippen LogP contribution is 2.17. The van der Waals surface area contributed by atoms with Gasteiger partial charge < -0.3 is 10.4 Å². The average Bonchev–Trinajstić information content (AvgIpc) is 2.36. The maximum Gasteiger partial charge on any atom is 0.325 e. The number of nitrogens with one attached hydrogen (secondary N) is 1. The standard InChI is InChI=1S/C13H17NO5S/c1-4-9-5-6-10(20(3,18)19)7-11(9)12(15)14-8(2)13(16)17/h5-8H,4H2,1-3H3,(H,14,15)(H,16,17)/t8-/m1/s1. The molecule has 6 nitrogen and oxygen atoms in total. The van der Waals surface area contributed by atoms with E-state index in [1.54, 1.807) is 6.07 Å². The Morgan fingerprint density at radius 1 is 1.35 bits per heavy atom. The van der Waals surface area contributed by atoms with Crippen LogP contribution in [-0.4, -0.2) is 37.7 Å². The molecule has 0 saturated carbocycles. The summed E-state index contributed by atoms with van der Waals surface area (Å²) in [5.74, 6) is -1.75. The second-order valence-corrected chi connectivity index (χ2v) is 6.49. The molecular formula is C13H17NO5S. The summed E-state index contributed by atoms with van der Waals surface area (Å²) in [5.41, 5.74) is 0.844. The maximum atomic E-state index is 12.0. The molecule has 1 aromatic rings. The second-order valence-electron chi connectivity index (χ2n) is 4.48. The first-order valence-corrected chi connectivity index (χ1v) is 7.92. The lowest BCUT2D eigenvalue weighted by Gasteiger charge is -2.13. The number of aryl methyl sites for hydroxylation is 1. The first kappa shape index (κ1) is 16.2. The van der Waals surface area contributed by atoms with Crippen LogP contribution in [0.2, 0.25) is 0 Å². The largest absolute Gasteiger partial charge is 0.480 e. The van der Waals surface area contributed by atoms with E-state index in [1.807, 2.05) is 6.92 Å². The number of carbonyl (C=O) groups is 2. The van der Waals surface area contributed by atoms with Gasteiger partial charge in [0.15, 0.2) is 9.84 Å². The molecule has 110 valence electrons. The first-order valence-electron chi connectivity index (χ1n) is 6.03. The van der Waals surface area contributed by atoms with Crippen molar-refractivity contribution >= 4 is 21.7 Å². The molecule has 0 radical (unpaired) electrons. The first-order chi connectivity index (χ1) is 9.16. The van der Waals surface area contributed by atoms with E-state index in [9.17, 15) is 18.0 Å². The molecular weight excluding hydrogens is 282 g/mol. The lowest BCUT2D eigenvalue weighted by atomic mass is 10.0. The highest BCUT2D eigenvalue weighted by molar-refractivity contribution is 7.90. The summed E-state index contributed by atoms with van der Waals surface area (Å²) in [7, 11) is -3.42. The van der Waals surface area contributed by atoms with Gasteiger partial charge in [0.2, 0.25) is 0 Å². The number of carboxylic acids is 1. The molecule has 20 heavy (non-hydrogen) atoms. The Bertz CT molecular complexity index is 636. The fraction of sp³-hybridized carbons (Fsp3) is 0.385. The molecule has 0 heterocycles. The zero-order valence-electron chi connectivity index (χ0n) is 11.5. The van der Waals surface area contributed by atoms with Gasteiger partial charge in [-0.1, -0.05) is 13.0 Å². The Balaban J connectivity index is 3.21. The number of carboxylic acid groups (broad SMARTS) is 1. The minimum absolute atomic E-state index is 0.0304. The molecule has 0 aliphatic heterocycles. The van der Waals surface area contributed by atoms with E-state index in [0.29, 0.717) is 12.0 Å². The Morgan fingerprint density at radius 2 is 1.95 bits per heavy atom. The van der Waals surface area contributed by atoms with Crippen molar-refractivity contribution in [1.82, 2.24) is 5.32 Å². The molecule has 1 atom stereocenters. The van der Waals surface area contributed by atoms with E-state index in [1.165, 1.54) is 19.1 Å². The third-order valence-corrected chi connectivity index (χ3v) is 3.96. The van der Waals surface area contributed by atoms with E-state index in [0.717, 1.165) is 6.26 Å². The van der Waals surface area contributed by atoms with Crippen LogP contribution in [0.3, 0.4) is 0 Å². The highest BCUT2D eigenvalue weighted by Gasteiger charge is 2.19. The van der Waals surface area contributed by atoms with Crippen molar-refractivity contribution in [3.8, 4) is 0 Å². The number of hydrogen-bond donors (Lipinski definition) is 2. The molecule has 0 saturated heterocycles. The number of aliphatic carboxylic acids is 1. The number of sulfone groups is 1. The van der Waals surface area contributed by atoms with Crippen molar-refractivity contribution in [1.29, 1.82) is 0 Å². The topological polar surface area (TPSA) is 101 Å². The highest BCUT2D eigenvalue weighted by atomic mass is 32.2. The van der Waals surface area contributed by atoms with E-state index in [-0.39, 0.29) is 10.5 Å². The number of benzene rings is 1. The molecule has 0 aliphatic rings. The van der Waals surface area contributed by atoms with Gasteiger partial charge >= 0.3 is 5.97 Å². The summed E-state index contributed by atoms with van der Waals surface area (Å²) >= 11 is 0. The van der Waals surface area contributed by atoms with Crippen LogP contribution in [0.25, 0.3) is 0 Å². The van der Waals surface area contributed by atoms with Gasteiger partial charge in [0.1, 0.15) is 6.04 Å². The number of amides is 1. The minimum Gasteiger partial charge on any atom is -0.480 e. The normalized spacial score (nSPS) is 12.8. The van der Waals surface area contributed by atoms with Crippen LogP contribution in [0.4, 0.5) is 0 Å². The van der Waals surface area contributed by atoms with Crippen LogP contribution in [0, 0.1) is 0 Å². The summed E-state index contributed by atoms with van der Waals surface area (Å²) in [4.78, 5) is 22.8. The molecule has 2 N–H and O–H groups in total. The van der Waals surface area contributed by atoms with E-state index >= 15 is 0 Å². The summed E-state index contributed by atoms with van der Waals surface area (Å²) in [6, 6.07) is 3.23. The maximum absolute atomic E-state index is 12.0. The minimum atomic E-state index is -3.42. The quantitative estimate of drug-likeness (QED) is 0.839. The van der Waals surface area contributed by atoms with Crippen LogP contribution >= 0.6 is 0 Å². The molecule has 1 rings (SSSR count). The predicted molar refractivity (Wildman–Crippen MR) is 73.5 cm³/mol. The zero-order valence-corrected chi connectivity index (χ0v) is 12.3. The van der Waals surface area contributed by atoms with Crippen molar-refractivity contribution in [3.63, 3.8) is 0 Å². The molecule has 0 bridgehead atoms. The van der Waals surface area contributed by atoms with Crippen LogP contribution < -0.4 is 5.32 Å². The van der Waals surface area contributed by atoms with Gasteiger partial charge in [-0.05, 0) is 31.0 Å². The monoisotopic (exact) mass is 299 g/mol. The summed E-state index contributed by atoms with van der Waals surface area (Å²) < 4.78 is 23.0. The van der Waals surface area contributed by atoms with Gasteiger partial charge in [0, 0.05) is 11.8 Å². The molecule has 0 unspecified atom stereocenters. The number of carbonyl (C=O) groups excluding carboxylic acids is 1. The lowest BCUT2D eigenvalue weighted by molar-refractivity contribution is -0.138. The molecule has 7 heteroatoms. The van der Waals surface area contributed by atoms with Crippen LogP contribution in [0.5, 0.6) is 0 Å². The third kappa shape index (κ3) is 3.80. The van der Waals surface area contributed by atoms with Gasteiger partial charge in [-0.15, -0.1) is 0 Å². The van der Waals surface area contributed by atoms with Gasteiger partial charge in [-0.25, -0.2) is 8.42 Å². The fourth-order valence-electron chi connectivity index (χ4n) is 1.64. The summed E-state index contributed by atoms with van der Waals surface area (Å²) in [6.45, 7) is 3.17. The summed E-state index contributed by atoms with van der Waals surface area (Å²) in [5, 5.41) is 11.1. The fourth-order valence-corrected chi connectivity index (χ4v) is 2.29. The van der Waals surface area contributed by atoms with Crippen molar-refractivity contribution in [2.24, 2.45) is 0 Å². The van der Waals surface area contributed by atoms with Gasteiger partial charge in [-0.3, -0.25) is 9.59 Å².